The van der Waals surface area contributed by atoms with E-state index in [9.17, 15) is 29.2 Å². The van der Waals surface area contributed by atoms with Gasteiger partial charge in [-0.3, -0.25) is 24.0 Å². The molecule has 2 heterocycles. The number of aryl methyl sites for hydroxylation is 1. The topological polar surface area (TPSA) is 318 Å². The lowest BCUT2D eigenvalue weighted by Gasteiger charge is -2.32. The minimum atomic E-state index is -1.44. The van der Waals surface area contributed by atoms with E-state index in [0.717, 1.165) is 36.3 Å². The van der Waals surface area contributed by atoms with Gasteiger partial charge >= 0.3 is 0 Å². The van der Waals surface area contributed by atoms with Gasteiger partial charge in [-0.2, -0.15) is 5.26 Å². The fourth-order valence-corrected chi connectivity index (χ4v) is 8.60. The normalized spacial score (nSPS) is 17.8. The number of ether oxygens (including phenoxy) is 3. The van der Waals surface area contributed by atoms with E-state index in [0.29, 0.717) is 45.1 Å². The summed E-state index contributed by atoms with van der Waals surface area (Å²) in [5, 5.41) is 19.9. The van der Waals surface area contributed by atoms with Crippen molar-refractivity contribution in [2.24, 2.45) is 17.2 Å². The number of amides is 5. The van der Waals surface area contributed by atoms with Crippen molar-refractivity contribution in [2.45, 2.75) is 95.5 Å². The van der Waals surface area contributed by atoms with Crippen LogP contribution in [-0.4, -0.2) is 115 Å². The van der Waals surface area contributed by atoms with Crippen molar-refractivity contribution in [1.29, 1.82) is 5.26 Å². The third-order valence-electron chi connectivity index (χ3n) is 12.2. The second-order valence-corrected chi connectivity index (χ2v) is 17.3. The van der Waals surface area contributed by atoms with Crippen LogP contribution in [0.15, 0.2) is 60.7 Å². The van der Waals surface area contributed by atoms with Crippen LogP contribution in [0.2, 0.25) is 0 Å². The smallest absolute Gasteiger partial charge is 0.257 e. The van der Waals surface area contributed by atoms with E-state index in [4.69, 9.17) is 37.1 Å². The number of nitrogens with two attached hydrogens (primary N) is 4. The average molecular weight is 961 g/mol. The highest BCUT2D eigenvalue weighted by Crippen LogP contribution is 2.40. The Kier molecular flexibility index (Phi) is 18.4. The Morgan fingerprint density at radius 2 is 1.53 bits per heavy atom. The van der Waals surface area contributed by atoms with Gasteiger partial charge in [0.05, 0.1) is 17.9 Å². The number of nitriles is 1. The number of benzene rings is 3. The Labute approximate surface area is 407 Å². The van der Waals surface area contributed by atoms with Gasteiger partial charge in [-0.05, 0) is 112 Å². The van der Waals surface area contributed by atoms with Crippen molar-refractivity contribution < 1.29 is 38.2 Å². The van der Waals surface area contributed by atoms with Crippen molar-refractivity contribution in [3.8, 4) is 45.8 Å². The zero-order chi connectivity index (χ0) is 50.3. The second kappa shape index (κ2) is 24.8. The molecule has 20 nitrogen and oxygen atoms in total. The van der Waals surface area contributed by atoms with Crippen LogP contribution < -0.4 is 58.4 Å². The number of hydrogen-bond donors (Lipinski definition) is 8. The molecule has 20 heteroatoms. The second-order valence-electron chi connectivity index (χ2n) is 17.3. The molecule has 5 amide bonds. The maximum Gasteiger partial charge on any atom is 0.257 e. The van der Waals surface area contributed by atoms with Crippen molar-refractivity contribution >= 4 is 35.4 Å². The molecule has 0 saturated heterocycles. The SMILES string of the molecule is Cc1nc(-c2ccc(OC3CCCCCC3)cc2)nc(N)c1C(=O)NC(CCN)C(=O)N(C)C1C(=O)NC(C)C(=O)NC(C(=O)NCC#N)Cc2ccc(OCCN)c(c2)-c2cc1ccc2OCCN. The van der Waals surface area contributed by atoms with Crippen LogP contribution in [0, 0.1) is 18.3 Å². The van der Waals surface area contributed by atoms with Crippen LogP contribution in [0.25, 0.3) is 22.5 Å². The summed E-state index contributed by atoms with van der Waals surface area (Å²) in [7, 11) is 1.39. The van der Waals surface area contributed by atoms with Crippen LogP contribution >= 0.6 is 0 Å². The molecule has 0 spiro atoms. The molecule has 1 aliphatic carbocycles. The van der Waals surface area contributed by atoms with Gasteiger partial charge in [0.1, 0.15) is 72.6 Å². The minimum absolute atomic E-state index is 0.00792. The van der Waals surface area contributed by atoms with Crippen LogP contribution in [0.4, 0.5) is 5.82 Å². The average Bonchev–Trinajstić information content (AvgIpc) is 3.62. The number of likely N-dealkylation sites (N-methyl/N-ethyl adjacent to an activating group) is 1. The van der Waals surface area contributed by atoms with Gasteiger partial charge < -0.3 is 63.3 Å². The molecule has 372 valence electrons. The van der Waals surface area contributed by atoms with Gasteiger partial charge in [-0.25, -0.2) is 9.97 Å². The molecule has 12 N–H and O–H groups in total. The van der Waals surface area contributed by atoms with Crippen molar-refractivity contribution in [1.82, 2.24) is 36.1 Å². The van der Waals surface area contributed by atoms with E-state index in [2.05, 4.69) is 31.2 Å². The predicted molar refractivity (Wildman–Crippen MR) is 262 cm³/mol. The first-order valence-corrected chi connectivity index (χ1v) is 23.6. The van der Waals surface area contributed by atoms with Crippen LogP contribution in [0.3, 0.4) is 0 Å². The van der Waals surface area contributed by atoms with E-state index in [1.165, 1.54) is 26.8 Å². The Hall–Kier alpha value is -7.34. The van der Waals surface area contributed by atoms with Gasteiger partial charge in [0.25, 0.3) is 5.91 Å². The highest BCUT2D eigenvalue weighted by Gasteiger charge is 2.36. The van der Waals surface area contributed by atoms with Crippen LogP contribution in [0.1, 0.15) is 85.1 Å². The molecular weight excluding hydrogens is 897 g/mol. The highest BCUT2D eigenvalue weighted by molar-refractivity contribution is 6.02. The van der Waals surface area contributed by atoms with E-state index in [1.54, 1.807) is 43.3 Å². The maximum absolute atomic E-state index is 14.8. The van der Waals surface area contributed by atoms with Gasteiger partial charge in [-0.1, -0.05) is 25.0 Å². The Balaban J connectivity index is 1.33. The van der Waals surface area contributed by atoms with Gasteiger partial charge in [-0.15, -0.1) is 0 Å². The molecule has 1 aliphatic heterocycles. The molecule has 70 heavy (non-hydrogen) atoms. The summed E-state index contributed by atoms with van der Waals surface area (Å²) in [5.74, 6) is -1.89. The summed E-state index contributed by atoms with van der Waals surface area (Å²) in [5.41, 5.74) is 26.9. The first kappa shape index (κ1) is 52.0. The Bertz CT molecular complexity index is 2520. The van der Waals surface area contributed by atoms with Gasteiger partial charge in [0, 0.05) is 43.2 Å². The third-order valence-corrected chi connectivity index (χ3v) is 12.2. The van der Waals surface area contributed by atoms with Crippen molar-refractivity contribution in [3.63, 3.8) is 0 Å². The Morgan fingerprint density at radius 1 is 0.871 bits per heavy atom. The molecule has 4 atom stereocenters. The monoisotopic (exact) mass is 960 g/mol. The van der Waals surface area contributed by atoms with Crippen LogP contribution in [0.5, 0.6) is 17.2 Å². The van der Waals surface area contributed by atoms with Crippen molar-refractivity contribution in [2.75, 3.05) is 52.2 Å². The van der Waals surface area contributed by atoms with Crippen molar-refractivity contribution in [3.05, 3.63) is 83.0 Å². The Morgan fingerprint density at radius 3 is 2.16 bits per heavy atom. The molecule has 4 unspecified atom stereocenters. The van der Waals surface area contributed by atoms with Crippen LogP contribution in [-0.2, 0) is 25.6 Å². The number of rotatable bonds is 17. The zero-order valence-electron chi connectivity index (χ0n) is 39.9. The molecule has 4 bridgehead atoms. The summed E-state index contributed by atoms with van der Waals surface area (Å²) in [6.07, 6.45) is 6.90. The number of nitrogen functional groups attached to an aromatic ring is 1. The number of fused-ring (bicyclic) bond motifs is 5. The third kappa shape index (κ3) is 13.0. The van der Waals surface area contributed by atoms with E-state index in [-0.39, 0.29) is 75.4 Å². The summed E-state index contributed by atoms with van der Waals surface area (Å²) >= 11 is 0. The summed E-state index contributed by atoms with van der Waals surface area (Å²) in [6.45, 7) is 3.33. The number of carbonyl (C=O) groups is 5. The fraction of sp³-hybridized carbons (Fsp3) is 0.440. The number of aromatic nitrogens is 2. The van der Waals surface area contributed by atoms with Gasteiger partial charge in [0.15, 0.2) is 5.82 Å². The first-order valence-electron chi connectivity index (χ1n) is 23.6. The molecule has 3 aromatic carbocycles. The molecule has 2 aliphatic rings. The first-order chi connectivity index (χ1) is 33.8. The number of carbonyl (C=O) groups excluding carboxylic acids is 5. The standard InChI is InChI=1S/C50H64N12O8/c1-29-42(44(55)61-45(57-29)32-11-14-35(15-12-32)70-34-8-6-4-5-7-9-34)48(65)59-38(18-19-51)50(67)62(3)43-33-13-17-41(69-25-22-54)37(28-33)36-26-31(10-16-40(36)68-24-21-53)27-39(47(64)56-23-20-52)60-46(63)30(2)58-49(43)66/h10-17,26,28,30,34,38-39,43H,4-9,18-19,21-25,27,51,53-54H2,1-3H3,(H,56,64)(H,58,66)(H,59,65)(H,60,63)(H2,55,57,61). The highest BCUT2D eigenvalue weighted by atomic mass is 16.5. The number of nitrogens with one attached hydrogen (secondary N) is 4. The quantitative estimate of drug-likeness (QED) is 0.0556. The summed E-state index contributed by atoms with van der Waals surface area (Å²) < 4.78 is 18.4. The number of hydrogen-bond acceptors (Lipinski definition) is 15. The summed E-state index contributed by atoms with van der Waals surface area (Å²) in [6, 6.07) is 14.2. The van der Waals surface area contributed by atoms with E-state index < -0.39 is 53.7 Å². The minimum Gasteiger partial charge on any atom is -0.492 e. The zero-order valence-corrected chi connectivity index (χ0v) is 39.9. The van der Waals surface area contributed by atoms with Gasteiger partial charge in [0.2, 0.25) is 23.6 Å². The molecule has 0 radical (unpaired) electrons. The maximum atomic E-state index is 14.8. The fourth-order valence-electron chi connectivity index (χ4n) is 8.60. The summed E-state index contributed by atoms with van der Waals surface area (Å²) in [4.78, 5) is 80.9. The molecule has 1 saturated carbocycles. The predicted octanol–water partition coefficient (Wildman–Crippen LogP) is 2.31. The van der Waals surface area contributed by atoms with E-state index in [1.807, 2.05) is 30.3 Å². The lowest BCUT2D eigenvalue weighted by atomic mass is 9.93. The number of nitrogens with zero attached hydrogens (tertiary/aromatic N) is 4. The largest absolute Gasteiger partial charge is 0.492 e. The number of anilines is 1. The molecule has 1 aromatic heterocycles. The molecule has 6 rings (SSSR count). The molecular formula is C50H64N12O8. The lowest BCUT2D eigenvalue weighted by Crippen LogP contribution is -2.56. The lowest BCUT2D eigenvalue weighted by molar-refractivity contribution is -0.141. The molecule has 1 fully saturated rings. The molecule has 4 aromatic rings. The van der Waals surface area contributed by atoms with E-state index >= 15 is 0 Å².